The molecule has 3 rings (SSSR count). The fourth-order valence-corrected chi connectivity index (χ4v) is 2.84. The molecule has 132 valence electrons. The molecule has 1 atom stereocenters. The molecule has 1 saturated heterocycles. The van der Waals surface area contributed by atoms with E-state index in [0.717, 1.165) is 11.1 Å². The van der Waals surface area contributed by atoms with Crippen molar-refractivity contribution in [1.29, 1.82) is 0 Å². The number of aromatic nitrogens is 1. The van der Waals surface area contributed by atoms with E-state index in [4.69, 9.17) is 5.73 Å². The number of hydrogen-bond acceptors (Lipinski definition) is 4. The zero-order chi connectivity index (χ0) is 18.9. The highest BCUT2D eigenvalue weighted by atomic mass is 16.3. The molecule has 1 aromatic carbocycles. The molecule has 0 aliphatic carbocycles. The van der Waals surface area contributed by atoms with Crippen LogP contribution in [0, 0.1) is 18.8 Å². The third-order valence-electron chi connectivity index (χ3n) is 4.30. The quantitative estimate of drug-likeness (QED) is 0.794. The van der Waals surface area contributed by atoms with Gasteiger partial charge >= 0.3 is 0 Å². The Labute approximate surface area is 151 Å². The summed E-state index contributed by atoms with van der Waals surface area (Å²) in [6.07, 6.45) is 0.288. The second-order valence-corrected chi connectivity index (χ2v) is 6.45. The van der Waals surface area contributed by atoms with Gasteiger partial charge in [0.1, 0.15) is 5.69 Å². The fraction of sp³-hybridized carbons (Fsp3) is 0.250. The Morgan fingerprint density at radius 2 is 2.12 bits per heavy atom. The number of hydrogen-bond donors (Lipinski definition) is 2. The molecule has 0 bridgehead atoms. The molecule has 1 aromatic heterocycles. The van der Waals surface area contributed by atoms with E-state index in [1.54, 1.807) is 31.3 Å². The van der Waals surface area contributed by atoms with Gasteiger partial charge in [-0.3, -0.25) is 9.59 Å². The van der Waals surface area contributed by atoms with Gasteiger partial charge in [-0.2, -0.15) is 0 Å². The molecule has 6 heteroatoms. The number of carbonyl (C=O) groups excluding carboxylic acids is 2. The topological polar surface area (TPSA) is 96.5 Å². The molecular weight excluding hydrogens is 330 g/mol. The summed E-state index contributed by atoms with van der Waals surface area (Å²) in [4.78, 5) is 29.2. The number of primary amides is 1. The van der Waals surface area contributed by atoms with Crippen LogP contribution >= 0.6 is 0 Å². The second kappa shape index (κ2) is 6.62. The minimum Gasteiger partial charge on any atom is -0.369 e. The Kier molecular flexibility index (Phi) is 4.49. The van der Waals surface area contributed by atoms with E-state index in [1.807, 2.05) is 19.1 Å². The zero-order valence-corrected chi connectivity index (χ0v) is 14.6. The van der Waals surface area contributed by atoms with Crippen molar-refractivity contribution in [3.63, 3.8) is 0 Å². The lowest BCUT2D eigenvalue weighted by atomic mass is 10.0. The molecule has 2 amide bonds. The van der Waals surface area contributed by atoms with E-state index in [1.165, 1.54) is 4.90 Å². The van der Waals surface area contributed by atoms with Gasteiger partial charge in [-0.25, -0.2) is 4.98 Å². The Balaban J connectivity index is 1.95. The summed E-state index contributed by atoms with van der Waals surface area (Å²) in [5, 5.41) is 10.4. The lowest BCUT2D eigenvalue weighted by Crippen LogP contribution is -2.37. The SMILES string of the molecule is Cc1cc(C(N)=O)nc(-c2cccc(C#CC3(O)CCN(C)C3=O)c2)c1. The van der Waals surface area contributed by atoms with Crippen molar-refractivity contribution in [2.24, 2.45) is 5.73 Å². The first-order chi connectivity index (χ1) is 12.3. The standard InChI is InChI=1S/C20H19N3O3/c1-13-10-16(22-17(11-13)18(21)24)15-5-3-4-14(12-15)6-7-20(26)8-9-23(2)19(20)25/h3-5,10-12,26H,8-9H2,1-2H3,(H2,21,24). The van der Waals surface area contributed by atoms with Gasteiger partial charge in [-0.05, 0) is 36.8 Å². The summed E-state index contributed by atoms with van der Waals surface area (Å²) < 4.78 is 0. The van der Waals surface area contributed by atoms with Crippen LogP contribution in [0.5, 0.6) is 0 Å². The fourth-order valence-electron chi connectivity index (χ4n) is 2.84. The van der Waals surface area contributed by atoms with Crippen molar-refractivity contribution in [3.8, 4) is 23.1 Å². The molecule has 1 aliphatic heterocycles. The number of pyridine rings is 1. The van der Waals surface area contributed by atoms with E-state index in [9.17, 15) is 14.7 Å². The molecule has 2 heterocycles. The van der Waals surface area contributed by atoms with Gasteiger partial charge in [-0.1, -0.05) is 24.0 Å². The maximum Gasteiger partial charge on any atom is 0.267 e. The largest absolute Gasteiger partial charge is 0.369 e. The van der Waals surface area contributed by atoms with E-state index >= 15 is 0 Å². The first-order valence-electron chi connectivity index (χ1n) is 8.18. The molecule has 26 heavy (non-hydrogen) atoms. The number of aryl methyl sites for hydroxylation is 1. The van der Waals surface area contributed by atoms with Gasteiger partial charge in [0, 0.05) is 31.1 Å². The maximum atomic E-state index is 12.0. The van der Waals surface area contributed by atoms with Crippen molar-refractivity contribution in [3.05, 3.63) is 53.2 Å². The normalized spacial score (nSPS) is 19.2. The molecule has 0 saturated carbocycles. The van der Waals surface area contributed by atoms with Gasteiger partial charge in [0.25, 0.3) is 11.8 Å². The van der Waals surface area contributed by atoms with Gasteiger partial charge in [0.15, 0.2) is 0 Å². The van der Waals surface area contributed by atoms with Crippen LogP contribution < -0.4 is 5.73 Å². The Morgan fingerprint density at radius 3 is 2.77 bits per heavy atom. The summed E-state index contributed by atoms with van der Waals surface area (Å²) in [6.45, 7) is 2.34. The average Bonchev–Trinajstić information content (AvgIpc) is 2.88. The molecule has 6 nitrogen and oxygen atoms in total. The Morgan fingerprint density at radius 1 is 1.35 bits per heavy atom. The minimum atomic E-state index is -1.63. The number of carbonyl (C=O) groups is 2. The van der Waals surface area contributed by atoms with Crippen molar-refractivity contribution < 1.29 is 14.7 Å². The van der Waals surface area contributed by atoms with Crippen LogP contribution in [-0.2, 0) is 4.79 Å². The summed E-state index contributed by atoms with van der Waals surface area (Å²) in [5.41, 5.74) is 6.78. The first kappa shape index (κ1) is 17.6. The molecule has 1 unspecified atom stereocenters. The van der Waals surface area contributed by atoms with Crippen LogP contribution in [0.2, 0.25) is 0 Å². The van der Waals surface area contributed by atoms with E-state index in [-0.39, 0.29) is 18.0 Å². The lowest BCUT2D eigenvalue weighted by Gasteiger charge is -2.13. The van der Waals surface area contributed by atoms with E-state index in [0.29, 0.717) is 17.8 Å². The van der Waals surface area contributed by atoms with Crippen LogP contribution in [0.4, 0.5) is 0 Å². The summed E-state index contributed by atoms with van der Waals surface area (Å²) in [6, 6.07) is 10.7. The number of aliphatic hydroxyl groups is 1. The lowest BCUT2D eigenvalue weighted by molar-refractivity contribution is -0.137. The summed E-state index contributed by atoms with van der Waals surface area (Å²) in [5.74, 6) is 4.60. The van der Waals surface area contributed by atoms with E-state index < -0.39 is 11.5 Å². The highest BCUT2D eigenvalue weighted by Crippen LogP contribution is 2.22. The molecule has 3 N–H and O–H groups in total. The van der Waals surface area contributed by atoms with Gasteiger partial charge in [0.2, 0.25) is 5.60 Å². The number of nitrogens with two attached hydrogens (primary N) is 1. The Hall–Kier alpha value is -3.17. The summed E-state index contributed by atoms with van der Waals surface area (Å²) in [7, 11) is 1.64. The third kappa shape index (κ3) is 3.44. The van der Waals surface area contributed by atoms with Crippen molar-refractivity contribution in [2.45, 2.75) is 18.9 Å². The van der Waals surface area contributed by atoms with Crippen molar-refractivity contribution in [2.75, 3.05) is 13.6 Å². The molecule has 0 spiro atoms. The molecule has 1 aliphatic rings. The number of benzene rings is 1. The van der Waals surface area contributed by atoms with Crippen LogP contribution in [0.1, 0.15) is 28.0 Å². The van der Waals surface area contributed by atoms with Crippen LogP contribution in [0.25, 0.3) is 11.3 Å². The number of rotatable bonds is 2. The highest BCUT2D eigenvalue weighted by molar-refractivity contribution is 5.92. The third-order valence-corrected chi connectivity index (χ3v) is 4.30. The maximum absolute atomic E-state index is 12.0. The van der Waals surface area contributed by atoms with Crippen LogP contribution in [0.3, 0.4) is 0 Å². The van der Waals surface area contributed by atoms with Gasteiger partial charge in [0.05, 0.1) is 5.69 Å². The number of nitrogens with zero attached hydrogens (tertiary/aromatic N) is 2. The first-order valence-corrected chi connectivity index (χ1v) is 8.18. The summed E-state index contributed by atoms with van der Waals surface area (Å²) >= 11 is 0. The number of amides is 2. The molecular formula is C20H19N3O3. The molecule has 0 radical (unpaired) electrons. The van der Waals surface area contributed by atoms with Crippen LogP contribution in [-0.4, -0.2) is 46.0 Å². The van der Waals surface area contributed by atoms with Gasteiger partial charge < -0.3 is 15.7 Å². The number of likely N-dealkylation sites (N-methyl/N-ethyl adjacent to an activating group) is 1. The van der Waals surface area contributed by atoms with Gasteiger partial charge in [-0.15, -0.1) is 0 Å². The zero-order valence-electron chi connectivity index (χ0n) is 14.6. The van der Waals surface area contributed by atoms with E-state index in [2.05, 4.69) is 16.8 Å². The number of likely N-dealkylation sites (tertiary alicyclic amines) is 1. The minimum absolute atomic E-state index is 0.199. The van der Waals surface area contributed by atoms with Crippen molar-refractivity contribution >= 4 is 11.8 Å². The van der Waals surface area contributed by atoms with Crippen LogP contribution in [0.15, 0.2) is 36.4 Å². The highest BCUT2D eigenvalue weighted by Gasteiger charge is 2.42. The predicted molar refractivity (Wildman–Crippen MR) is 97.0 cm³/mol. The Bertz CT molecular complexity index is 958. The molecule has 1 fully saturated rings. The van der Waals surface area contributed by atoms with Crippen molar-refractivity contribution in [1.82, 2.24) is 9.88 Å². The average molecular weight is 349 g/mol. The smallest absolute Gasteiger partial charge is 0.267 e. The predicted octanol–water partition coefficient (Wildman–Crippen LogP) is 1.10. The monoisotopic (exact) mass is 349 g/mol. The second-order valence-electron chi connectivity index (χ2n) is 6.45. The molecule has 2 aromatic rings.